The first kappa shape index (κ1) is 38.2. The second kappa shape index (κ2) is 15.8. The Bertz CT molecular complexity index is 1420. The molecule has 0 bridgehead atoms. The molecule has 1 saturated carbocycles. The summed E-state index contributed by atoms with van der Waals surface area (Å²) in [5.74, 6) is -1.33. The third kappa shape index (κ3) is 9.45. The number of benzene rings is 1. The average Bonchev–Trinajstić information content (AvgIpc) is 3.73. The Kier molecular flexibility index (Phi) is 12.6. The van der Waals surface area contributed by atoms with Gasteiger partial charge in [-0.3, -0.25) is 24.0 Å². The summed E-state index contributed by atoms with van der Waals surface area (Å²) in [6, 6.07) is 2.38. The lowest BCUT2D eigenvalue weighted by Crippen LogP contribution is -2.62. The largest absolute Gasteiger partial charge is 0.363 e. The van der Waals surface area contributed by atoms with Gasteiger partial charge in [-0.2, -0.15) is 0 Å². The Hall–Kier alpha value is -4.20. The van der Waals surface area contributed by atoms with Crippen LogP contribution in [-0.4, -0.2) is 70.9 Å². The van der Waals surface area contributed by atoms with Crippen LogP contribution in [-0.2, 0) is 19.2 Å². The molecule has 0 spiro atoms. The van der Waals surface area contributed by atoms with E-state index >= 15 is 0 Å². The first-order valence-electron chi connectivity index (χ1n) is 17.0. The number of aryl methyl sites for hydroxylation is 1. The fourth-order valence-electron chi connectivity index (χ4n) is 6.38. The molecule has 11 heteroatoms. The van der Waals surface area contributed by atoms with E-state index in [4.69, 9.17) is 12.2 Å². The van der Waals surface area contributed by atoms with Gasteiger partial charge in [-0.15, -0.1) is 12.3 Å². The van der Waals surface area contributed by atoms with Gasteiger partial charge in [0.2, 0.25) is 17.6 Å². The topological polar surface area (TPSA) is 168 Å². The molecule has 3 unspecified atom stereocenters. The molecule has 1 saturated heterocycles. The molecule has 5 N–H and O–H groups in total. The number of carbonyl (C=O) groups is 6. The minimum Gasteiger partial charge on any atom is -0.363 e. The first-order valence-corrected chi connectivity index (χ1v) is 17.0. The number of urea groups is 1. The molecule has 2 aliphatic rings. The fourth-order valence-corrected chi connectivity index (χ4v) is 6.38. The zero-order chi connectivity index (χ0) is 36.1. The summed E-state index contributed by atoms with van der Waals surface area (Å²) in [4.78, 5) is 81.4. The maximum Gasteiger partial charge on any atom is 0.316 e. The van der Waals surface area contributed by atoms with Gasteiger partial charge >= 0.3 is 6.03 Å². The Morgan fingerprint density at radius 1 is 0.958 bits per heavy atom. The van der Waals surface area contributed by atoms with Gasteiger partial charge in [0.25, 0.3) is 5.91 Å². The molecule has 2 fully saturated rings. The zero-order valence-corrected chi connectivity index (χ0v) is 29.6. The number of nitrogens with two attached hydrogens (primary N) is 1. The van der Waals surface area contributed by atoms with Gasteiger partial charge in [-0.1, -0.05) is 91.1 Å². The summed E-state index contributed by atoms with van der Waals surface area (Å²) >= 11 is 0. The number of carbonyl (C=O) groups excluding carboxylic acids is 6. The number of nitrogens with zero attached hydrogens (tertiary/aromatic N) is 1. The molecule has 0 radical (unpaired) electrons. The quantitative estimate of drug-likeness (QED) is 0.135. The van der Waals surface area contributed by atoms with Crippen molar-refractivity contribution in [1.82, 2.24) is 20.9 Å². The number of likely N-dealkylation sites (tertiary alicyclic amines) is 1. The maximum atomic E-state index is 14.4. The minimum absolute atomic E-state index is 0.166. The van der Waals surface area contributed by atoms with E-state index in [1.807, 2.05) is 46.8 Å². The van der Waals surface area contributed by atoms with Gasteiger partial charge in [0.1, 0.15) is 12.1 Å². The predicted molar refractivity (Wildman–Crippen MR) is 183 cm³/mol. The van der Waals surface area contributed by atoms with E-state index in [0.29, 0.717) is 18.4 Å². The summed E-state index contributed by atoms with van der Waals surface area (Å²) in [7, 11) is 0. The van der Waals surface area contributed by atoms with Crippen molar-refractivity contribution in [3.8, 4) is 12.3 Å². The number of ketones is 2. The highest BCUT2D eigenvalue weighted by molar-refractivity contribution is 6.37. The Labute approximate surface area is 284 Å². The van der Waals surface area contributed by atoms with Crippen molar-refractivity contribution in [3.05, 3.63) is 35.4 Å². The van der Waals surface area contributed by atoms with Crippen LogP contribution in [0.1, 0.15) is 90.1 Å². The number of hydrogen-bond acceptors (Lipinski definition) is 6. The van der Waals surface area contributed by atoms with Crippen LogP contribution in [0, 0.1) is 54.3 Å². The molecule has 3 rings (SSSR count). The molecule has 1 aliphatic carbocycles. The predicted octanol–water partition coefficient (Wildman–Crippen LogP) is 3.38. The lowest BCUT2D eigenvalue weighted by molar-refractivity contribution is -0.144. The third-order valence-electron chi connectivity index (χ3n) is 9.83. The standard InChI is InChI=1S/C37H53N5O6/c1-10-22(5)23(6)26-17-18-42(29(26)34(46)39-27(19-24-13-14-24)31(44)33(38)45)35(47)32(37(7,8)9)41-36(48)40-28(20(2)3)30(43)25-15-11-21(4)12-16-25/h1,11-12,15-16,20,22-24,26-29,32H,13-14,17-19H2,2-9H3,(H2,38,45)(H,39,46)(H2,40,41,48)/t22?,23?,26-,27?,28+,29+,32-/m1/s1. The van der Waals surface area contributed by atoms with E-state index < -0.39 is 59.1 Å². The van der Waals surface area contributed by atoms with Crippen LogP contribution in [0.5, 0.6) is 0 Å². The van der Waals surface area contributed by atoms with Crippen molar-refractivity contribution in [1.29, 1.82) is 0 Å². The number of primary amides is 1. The van der Waals surface area contributed by atoms with Gasteiger partial charge in [-0.05, 0) is 48.9 Å². The highest BCUT2D eigenvalue weighted by Crippen LogP contribution is 2.37. The lowest BCUT2D eigenvalue weighted by Gasteiger charge is -2.38. The molecule has 1 heterocycles. The Balaban J connectivity index is 1.89. The summed E-state index contributed by atoms with van der Waals surface area (Å²) in [6.45, 7) is 15.0. The van der Waals surface area contributed by atoms with Gasteiger partial charge in [0.15, 0.2) is 5.78 Å². The monoisotopic (exact) mass is 663 g/mol. The second-order valence-corrected chi connectivity index (χ2v) is 15.1. The van der Waals surface area contributed by atoms with Gasteiger partial charge in [0.05, 0.1) is 12.1 Å². The molecule has 1 aliphatic heterocycles. The summed E-state index contributed by atoms with van der Waals surface area (Å²) < 4.78 is 0. The lowest BCUT2D eigenvalue weighted by atomic mass is 9.79. The highest BCUT2D eigenvalue weighted by atomic mass is 16.2. The van der Waals surface area contributed by atoms with E-state index in [1.165, 1.54) is 4.90 Å². The number of rotatable bonds is 14. The van der Waals surface area contributed by atoms with Crippen molar-refractivity contribution >= 4 is 35.3 Å². The van der Waals surface area contributed by atoms with E-state index in [0.717, 1.165) is 18.4 Å². The van der Waals surface area contributed by atoms with E-state index in [1.54, 1.807) is 32.9 Å². The smallest absolute Gasteiger partial charge is 0.316 e. The van der Waals surface area contributed by atoms with Crippen molar-refractivity contribution in [3.63, 3.8) is 0 Å². The number of Topliss-reactive ketones (excluding diaryl/α,β-unsaturated/α-hetero) is 2. The third-order valence-corrected chi connectivity index (χ3v) is 9.83. The molecule has 5 amide bonds. The SMILES string of the molecule is C#CC(C)C(C)[C@H]1CCN(C(=O)[C@@H](NC(=O)N[C@H](C(=O)c2ccc(C)cc2)C(C)C)C(C)(C)C)[C@@H]1C(=O)NC(CC1CC1)C(=O)C(N)=O. The fraction of sp³-hybridized carbons (Fsp3) is 0.622. The molecule has 7 atom stereocenters. The van der Waals surface area contributed by atoms with Gasteiger partial charge in [-0.25, -0.2) is 4.79 Å². The van der Waals surface area contributed by atoms with Crippen LogP contribution in [0.2, 0.25) is 0 Å². The van der Waals surface area contributed by atoms with Crippen LogP contribution >= 0.6 is 0 Å². The van der Waals surface area contributed by atoms with E-state index in [2.05, 4.69) is 21.9 Å². The highest BCUT2D eigenvalue weighted by Gasteiger charge is 2.49. The van der Waals surface area contributed by atoms with Crippen LogP contribution in [0.3, 0.4) is 0 Å². The van der Waals surface area contributed by atoms with Crippen LogP contribution in [0.15, 0.2) is 24.3 Å². The zero-order valence-electron chi connectivity index (χ0n) is 29.6. The van der Waals surface area contributed by atoms with Gasteiger partial charge < -0.3 is 26.6 Å². The Morgan fingerprint density at radius 3 is 2.06 bits per heavy atom. The number of amides is 5. The number of hydrogen-bond donors (Lipinski definition) is 4. The normalized spacial score (nSPS) is 20.9. The minimum atomic E-state index is -1.13. The molecular formula is C37H53N5O6. The number of nitrogens with one attached hydrogen (secondary N) is 3. The molecule has 262 valence electrons. The van der Waals surface area contributed by atoms with E-state index in [9.17, 15) is 28.8 Å². The molecule has 11 nitrogen and oxygen atoms in total. The number of terminal acetylenes is 1. The molecule has 48 heavy (non-hydrogen) atoms. The van der Waals surface area contributed by atoms with Crippen LogP contribution < -0.4 is 21.7 Å². The van der Waals surface area contributed by atoms with Crippen LogP contribution in [0.4, 0.5) is 4.79 Å². The van der Waals surface area contributed by atoms with E-state index in [-0.39, 0.29) is 41.9 Å². The van der Waals surface area contributed by atoms with Crippen molar-refractivity contribution < 1.29 is 28.8 Å². The molecule has 0 aromatic heterocycles. The second-order valence-electron chi connectivity index (χ2n) is 15.1. The summed E-state index contributed by atoms with van der Waals surface area (Å²) in [6.07, 6.45) is 8.29. The first-order chi connectivity index (χ1) is 22.4. The average molecular weight is 664 g/mol. The summed E-state index contributed by atoms with van der Waals surface area (Å²) in [5, 5.41) is 8.34. The molecule has 1 aromatic rings. The molecule has 1 aromatic carbocycles. The van der Waals surface area contributed by atoms with Gasteiger partial charge in [0, 0.05) is 18.0 Å². The Morgan fingerprint density at radius 2 is 1.56 bits per heavy atom. The summed E-state index contributed by atoms with van der Waals surface area (Å²) in [5.41, 5.74) is 5.99. The molecular weight excluding hydrogens is 610 g/mol. The van der Waals surface area contributed by atoms with Crippen molar-refractivity contribution in [2.24, 2.45) is 40.7 Å². The van der Waals surface area contributed by atoms with Crippen molar-refractivity contribution in [2.45, 2.75) is 105 Å². The maximum absolute atomic E-state index is 14.4. The van der Waals surface area contributed by atoms with Crippen LogP contribution in [0.25, 0.3) is 0 Å². The van der Waals surface area contributed by atoms with Crippen molar-refractivity contribution in [2.75, 3.05) is 6.54 Å².